The Kier molecular flexibility index (Phi) is 15.3. The van der Waals surface area contributed by atoms with Gasteiger partial charge < -0.3 is 54.7 Å². The van der Waals surface area contributed by atoms with E-state index in [4.69, 9.17) is 18.9 Å². The van der Waals surface area contributed by atoms with Gasteiger partial charge >= 0.3 is 0 Å². The lowest BCUT2D eigenvalue weighted by Crippen LogP contribution is -2.63. The quantitative estimate of drug-likeness (QED) is 0.136. The van der Waals surface area contributed by atoms with Crippen molar-refractivity contribution in [1.82, 2.24) is 0 Å². The van der Waals surface area contributed by atoms with Gasteiger partial charge in [0.05, 0.1) is 35.9 Å². The molecule has 0 radical (unpaired) electrons. The van der Waals surface area contributed by atoms with Crippen molar-refractivity contribution in [2.75, 3.05) is 0 Å². The number of aliphatic hydroxyl groups is 7. The minimum atomic E-state index is -1.60. The van der Waals surface area contributed by atoms with E-state index in [1.807, 2.05) is 66.7 Å². The monoisotopic (exact) mass is 750 g/mol. The van der Waals surface area contributed by atoms with Crippen molar-refractivity contribution in [3.8, 4) is 0 Å². The first-order chi connectivity index (χ1) is 24.8. The fraction of sp³-hybridized carbons (Fsp3) is 0.780. The molecule has 0 aromatic heterocycles. The lowest BCUT2D eigenvalue weighted by Gasteiger charge is -2.48. The van der Waals surface area contributed by atoms with Crippen LogP contribution in [0.25, 0.3) is 0 Å². The smallest absolute Gasteiger partial charge is 0.187 e. The molecule has 0 aromatic carbocycles. The molecule has 2 aliphatic heterocycles. The molecule has 302 valence electrons. The number of aliphatic hydroxyl groups excluding tert-OH is 6. The Labute approximate surface area is 315 Å². The summed E-state index contributed by atoms with van der Waals surface area (Å²) in [5.74, 6) is -1.01. The minimum Gasteiger partial charge on any atom is -0.388 e. The molecule has 2 heterocycles. The predicted octanol–water partition coefficient (Wildman–Crippen LogP) is 3.39. The predicted molar refractivity (Wildman–Crippen MR) is 198 cm³/mol. The van der Waals surface area contributed by atoms with Gasteiger partial charge in [0.15, 0.2) is 12.6 Å². The molecule has 2 saturated carbocycles. The Hall–Kier alpha value is -1.81. The van der Waals surface area contributed by atoms with Crippen LogP contribution in [0.3, 0.4) is 0 Å². The number of carbonyl (C=O) groups excluding carboxylic acids is 1. The topological polar surface area (TPSA) is 196 Å². The molecular formula is C41H66O12. The van der Waals surface area contributed by atoms with Crippen LogP contribution < -0.4 is 0 Å². The standard InChI is InChI=1S/C41H66O12/c1-20(2)13-15-30(42)23(6)19-29-33(44)28-12-10-11-27(28)24(7)41(29,49)18-17-22(5)31(16-14-21(3)4)52-39-37(48)35(46)38(26(9)51-39)53-40-36(47)34(45)32(43)25(8)50-40/h13-14,17,19,24-32,34-40,42-43,45-49H,10-12,15-16,18H2,1-9H3. The minimum absolute atomic E-state index is 0.0232. The molecule has 12 heteroatoms. The molecule has 4 fully saturated rings. The molecule has 17 atom stereocenters. The Bertz CT molecular complexity index is 1370. The van der Waals surface area contributed by atoms with Crippen molar-refractivity contribution >= 4 is 5.78 Å². The van der Waals surface area contributed by atoms with Crippen molar-refractivity contribution < 1.29 is 59.5 Å². The van der Waals surface area contributed by atoms with Gasteiger partial charge in [-0.3, -0.25) is 4.79 Å². The van der Waals surface area contributed by atoms with Crippen molar-refractivity contribution in [1.29, 1.82) is 0 Å². The molecule has 0 amide bonds. The first-order valence-electron chi connectivity index (χ1n) is 19.4. The average Bonchev–Trinajstić information content (AvgIpc) is 3.61. The van der Waals surface area contributed by atoms with E-state index in [2.05, 4.69) is 0 Å². The maximum Gasteiger partial charge on any atom is 0.187 e. The van der Waals surface area contributed by atoms with Gasteiger partial charge in [-0.15, -0.1) is 0 Å². The normalized spacial score (nSPS) is 42.2. The number of rotatable bonds is 13. The molecule has 0 spiro atoms. The highest BCUT2D eigenvalue weighted by Gasteiger charge is 2.56. The summed E-state index contributed by atoms with van der Waals surface area (Å²) >= 11 is 0. The second kappa shape index (κ2) is 18.4. The van der Waals surface area contributed by atoms with E-state index in [9.17, 15) is 40.5 Å². The molecule has 53 heavy (non-hydrogen) atoms. The lowest BCUT2D eigenvalue weighted by atomic mass is 9.58. The van der Waals surface area contributed by atoms with Crippen LogP contribution in [0.15, 0.2) is 46.6 Å². The van der Waals surface area contributed by atoms with E-state index in [1.54, 1.807) is 13.0 Å². The number of hydrogen-bond donors (Lipinski definition) is 7. The number of ether oxygens (including phenoxy) is 4. The van der Waals surface area contributed by atoms with E-state index >= 15 is 0 Å². The zero-order chi connectivity index (χ0) is 39.5. The van der Waals surface area contributed by atoms with Crippen LogP contribution in [0.1, 0.15) is 101 Å². The van der Waals surface area contributed by atoms with E-state index < -0.39 is 85.1 Å². The largest absolute Gasteiger partial charge is 0.388 e. The summed E-state index contributed by atoms with van der Waals surface area (Å²) in [5.41, 5.74) is 2.11. The number of hydrogen-bond acceptors (Lipinski definition) is 12. The molecule has 7 N–H and O–H groups in total. The number of allylic oxidation sites excluding steroid dienone is 2. The number of ketones is 1. The second-order valence-electron chi connectivity index (χ2n) is 16.6. The highest BCUT2D eigenvalue weighted by atomic mass is 16.7. The Morgan fingerprint density at radius 3 is 2.04 bits per heavy atom. The second-order valence-corrected chi connectivity index (χ2v) is 16.6. The average molecular weight is 751 g/mol. The van der Waals surface area contributed by atoms with E-state index in [1.165, 1.54) is 6.92 Å². The van der Waals surface area contributed by atoms with Crippen LogP contribution in [-0.2, 0) is 23.7 Å². The van der Waals surface area contributed by atoms with Crippen molar-refractivity contribution in [2.45, 2.75) is 180 Å². The third-order valence-corrected chi connectivity index (χ3v) is 12.1. The number of Topliss-reactive ketones (excluding diaryl/α,β-unsaturated/α-hetero) is 1. The van der Waals surface area contributed by atoms with Crippen molar-refractivity contribution in [3.05, 3.63) is 46.6 Å². The summed E-state index contributed by atoms with van der Waals surface area (Å²) in [7, 11) is 0. The molecule has 12 nitrogen and oxygen atoms in total. The van der Waals surface area contributed by atoms with E-state index in [0.717, 1.165) is 36.0 Å². The summed E-state index contributed by atoms with van der Waals surface area (Å²) in [6, 6.07) is 0. The molecule has 2 aliphatic carbocycles. The third-order valence-electron chi connectivity index (χ3n) is 12.1. The molecule has 4 rings (SSSR count). The Balaban J connectivity index is 1.56. The van der Waals surface area contributed by atoms with Crippen LogP contribution in [-0.4, -0.2) is 121 Å². The van der Waals surface area contributed by atoms with Crippen LogP contribution in [0.4, 0.5) is 0 Å². The number of fused-ring (bicyclic) bond motifs is 1. The first kappa shape index (κ1) is 43.9. The lowest BCUT2D eigenvalue weighted by molar-refractivity contribution is -0.354. The van der Waals surface area contributed by atoms with Gasteiger partial charge in [-0.1, -0.05) is 48.8 Å². The van der Waals surface area contributed by atoms with Gasteiger partial charge in [0.1, 0.15) is 42.4 Å². The molecule has 17 unspecified atom stereocenters. The fourth-order valence-electron chi connectivity index (χ4n) is 8.41. The third kappa shape index (κ3) is 9.96. The van der Waals surface area contributed by atoms with Gasteiger partial charge in [0.2, 0.25) is 0 Å². The maximum atomic E-state index is 14.1. The zero-order valence-electron chi connectivity index (χ0n) is 33.0. The molecular weight excluding hydrogens is 684 g/mol. The van der Waals surface area contributed by atoms with Gasteiger partial charge in [-0.25, -0.2) is 0 Å². The Morgan fingerprint density at radius 2 is 1.40 bits per heavy atom. The first-order valence-corrected chi connectivity index (χ1v) is 19.4. The molecule has 0 aromatic rings. The maximum absolute atomic E-state index is 14.1. The molecule has 0 bridgehead atoms. The van der Waals surface area contributed by atoms with Crippen LogP contribution in [0.2, 0.25) is 0 Å². The summed E-state index contributed by atoms with van der Waals surface area (Å²) in [6.07, 6.45) is -3.29. The SMILES string of the molecule is CC(C)=CCC(O)C(C)=CC1C(=O)C2CCCC2C(C)C1(O)CC=C(C)C(CC=C(C)C)OC1OC(C)C(OC2OC(C)C(O)C(O)C2O)C(O)C1O. The van der Waals surface area contributed by atoms with Gasteiger partial charge in [-0.05, 0) is 110 Å². The molecule has 4 aliphatic rings. The van der Waals surface area contributed by atoms with Gasteiger partial charge in [0, 0.05) is 5.92 Å². The molecule has 2 saturated heterocycles. The summed E-state index contributed by atoms with van der Waals surface area (Å²) in [5, 5.41) is 76.6. The summed E-state index contributed by atoms with van der Waals surface area (Å²) < 4.78 is 23.8. The highest BCUT2D eigenvalue weighted by Crippen LogP contribution is 2.52. The van der Waals surface area contributed by atoms with E-state index in [0.29, 0.717) is 18.4 Å². The van der Waals surface area contributed by atoms with Crippen LogP contribution >= 0.6 is 0 Å². The van der Waals surface area contributed by atoms with Crippen LogP contribution in [0.5, 0.6) is 0 Å². The summed E-state index contributed by atoms with van der Waals surface area (Å²) in [4.78, 5) is 14.1. The Morgan fingerprint density at radius 1 is 0.792 bits per heavy atom. The van der Waals surface area contributed by atoms with Gasteiger partial charge in [-0.2, -0.15) is 0 Å². The van der Waals surface area contributed by atoms with Crippen molar-refractivity contribution in [3.63, 3.8) is 0 Å². The zero-order valence-corrected chi connectivity index (χ0v) is 33.0. The van der Waals surface area contributed by atoms with Crippen molar-refractivity contribution in [2.24, 2.45) is 23.7 Å². The van der Waals surface area contributed by atoms with Gasteiger partial charge in [0.25, 0.3) is 0 Å². The fourth-order valence-corrected chi connectivity index (χ4v) is 8.41. The highest BCUT2D eigenvalue weighted by molar-refractivity contribution is 5.88. The van der Waals surface area contributed by atoms with Crippen LogP contribution in [0, 0.1) is 23.7 Å². The summed E-state index contributed by atoms with van der Waals surface area (Å²) in [6.45, 7) is 16.7. The van der Waals surface area contributed by atoms with E-state index in [-0.39, 0.29) is 30.0 Å². The number of carbonyl (C=O) groups is 1.